The monoisotopic (exact) mass is 226 g/mol. The van der Waals surface area contributed by atoms with Crippen molar-refractivity contribution in [3.63, 3.8) is 0 Å². The van der Waals surface area contributed by atoms with Crippen molar-refractivity contribution in [3.05, 3.63) is 17.7 Å². The molecular weight excluding hydrogens is 215 g/mol. The number of ether oxygens (including phenoxy) is 2. The summed E-state index contributed by atoms with van der Waals surface area (Å²) in [7, 11) is 0.490. The molecule has 1 unspecified atom stereocenters. The molecule has 0 aromatic heterocycles. The first kappa shape index (κ1) is 10.2. The first-order chi connectivity index (χ1) is 7.22. The van der Waals surface area contributed by atoms with Gasteiger partial charge in [-0.3, -0.25) is 0 Å². The number of hydrogen-bond acceptors (Lipinski definition) is 3. The molecule has 1 heterocycles. The summed E-state index contributed by atoms with van der Waals surface area (Å²) >= 11 is 0. The van der Waals surface area contributed by atoms with Gasteiger partial charge in [-0.05, 0) is 18.8 Å². The fraction of sp³-hybridized carbons (Fsp3) is 0.300. The summed E-state index contributed by atoms with van der Waals surface area (Å²) in [5.74, 6) is 0.309. The maximum atomic E-state index is 10.9. The molecule has 1 atom stereocenters. The summed E-state index contributed by atoms with van der Waals surface area (Å²) in [6, 6.07) is 3.16. The van der Waals surface area contributed by atoms with Gasteiger partial charge in [0.15, 0.2) is 11.5 Å². The Kier molecular flexibility index (Phi) is 2.78. The van der Waals surface area contributed by atoms with E-state index in [2.05, 4.69) is 0 Å². The van der Waals surface area contributed by atoms with Gasteiger partial charge in [0.05, 0.1) is 5.56 Å². The van der Waals surface area contributed by atoms with Crippen LogP contribution in [-0.4, -0.2) is 31.0 Å². The van der Waals surface area contributed by atoms with Crippen LogP contribution in [0.5, 0.6) is 11.5 Å². The fourth-order valence-electron chi connectivity index (χ4n) is 1.46. The smallest absolute Gasteiger partial charge is 0.335 e. The molecule has 0 fully saturated rings. The number of rotatable bonds is 2. The molecule has 1 aromatic carbocycles. The first-order valence-electron chi connectivity index (χ1n) is 4.57. The predicted molar refractivity (Wildman–Crippen MR) is 58.3 cm³/mol. The summed E-state index contributed by atoms with van der Waals surface area (Å²) in [5.41, 5.74) is 0.253. The van der Waals surface area contributed by atoms with Crippen LogP contribution in [0.15, 0.2) is 12.1 Å². The van der Waals surface area contributed by atoms with Crippen molar-refractivity contribution < 1.29 is 19.4 Å². The number of fused-ring (bicyclic) bond motifs is 1. The van der Waals surface area contributed by atoms with E-state index < -0.39 is 5.97 Å². The Hall–Kier alpha value is -1.28. The zero-order valence-electron chi connectivity index (χ0n) is 8.24. The third-order valence-corrected chi connectivity index (χ3v) is 3.07. The first-order valence-corrected chi connectivity index (χ1v) is 6.07. The van der Waals surface area contributed by atoms with Gasteiger partial charge in [-0.15, -0.1) is 0 Å². The number of aromatic carboxylic acids is 1. The molecule has 15 heavy (non-hydrogen) atoms. The lowest BCUT2D eigenvalue weighted by atomic mass is 10.2. The second-order valence-corrected chi connectivity index (χ2v) is 4.14. The van der Waals surface area contributed by atoms with E-state index in [9.17, 15) is 4.79 Å². The van der Waals surface area contributed by atoms with Crippen LogP contribution < -0.4 is 14.8 Å². The summed E-state index contributed by atoms with van der Waals surface area (Å²) < 4.78 is 10.8. The third kappa shape index (κ3) is 1.90. The Morgan fingerprint density at radius 3 is 2.80 bits per heavy atom. The topological polar surface area (TPSA) is 55.8 Å². The molecule has 0 amide bonds. The number of hydrogen-bond donors (Lipinski definition) is 1. The minimum Gasteiger partial charge on any atom is -0.486 e. The molecule has 0 spiro atoms. The molecule has 0 saturated carbocycles. The normalized spacial score (nSPS) is 14.5. The number of carboxylic acid groups (broad SMARTS) is 1. The maximum Gasteiger partial charge on any atom is 0.335 e. The van der Waals surface area contributed by atoms with Crippen LogP contribution in [0.3, 0.4) is 0 Å². The molecule has 0 radical (unpaired) electrons. The van der Waals surface area contributed by atoms with E-state index >= 15 is 0 Å². The zero-order valence-corrected chi connectivity index (χ0v) is 9.24. The molecule has 80 valence electrons. The number of benzene rings is 1. The molecule has 5 heteroatoms. The van der Waals surface area contributed by atoms with Gasteiger partial charge < -0.3 is 14.6 Å². The molecular formula is C10H11O4P. The minimum atomic E-state index is -0.938. The van der Waals surface area contributed by atoms with Gasteiger partial charge in [-0.2, -0.15) is 0 Å². The lowest BCUT2D eigenvalue weighted by Gasteiger charge is -2.21. The van der Waals surface area contributed by atoms with Crippen LogP contribution in [0.1, 0.15) is 10.4 Å². The Balaban J connectivity index is 2.52. The molecule has 1 N–H and O–H groups in total. The highest BCUT2D eigenvalue weighted by molar-refractivity contribution is 7.46. The largest absolute Gasteiger partial charge is 0.486 e. The average Bonchev–Trinajstić information content (AvgIpc) is 2.27. The van der Waals surface area contributed by atoms with Crippen LogP contribution in [-0.2, 0) is 0 Å². The van der Waals surface area contributed by atoms with E-state index in [0.717, 1.165) is 5.30 Å². The summed E-state index contributed by atoms with van der Waals surface area (Å²) in [5, 5.41) is 9.82. The molecule has 1 aliphatic rings. The van der Waals surface area contributed by atoms with Crippen molar-refractivity contribution in [1.82, 2.24) is 0 Å². The molecule has 1 aliphatic heterocycles. The van der Waals surface area contributed by atoms with Gasteiger partial charge in [-0.25, -0.2) is 4.79 Å². The maximum absolute atomic E-state index is 10.9. The number of carbonyl (C=O) groups is 1. The Morgan fingerprint density at radius 1 is 1.40 bits per heavy atom. The lowest BCUT2D eigenvalue weighted by Crippen LogP contribution is -2.20. The van der Waals surface area contributed by atoms with Crippen LogP contribution in [0.25, 0.3) is 0 Å². The highest BCUT2D eigenvalue weighted by Gasteiger charge is 2.18. The van der Waals surface area contributed by atoms with Crippen LogP contribution in [0.4, 0.5) is 0 Å². The van der Waals surface area contributed by atoms with Crippen LogP contribution in [0, 0.1) is 0 Å². The van der Waals surface area contributed by atoms with Crippen molar-refractivity contribution in [2.75, 3.05) is 19.9 Å². The molecule has 4 nitrogen and oxygen atoms in total. The SMILES string of the molecule is CPc1cc(C(=O)O)cc2c1OCCO2. The van der Waals surface area contributed by atoms with Gasteiger partial charge >= 0.3 is 5.97 Å². The zero-order chi connectivity index (χ0) is 10.8. The van der Waals surface area contributed by atoms with Gasteiger partial charge in [0, 0.05) is 5.30 Å². The van der Waals surface area contributed by atoms with Crippen molar-refractivity contribution >= 4 is 19.9 Å². The average molecular weight is 226 g/mol. The van der Waals surface area contributed by atoms with Crippen molar-refractivity contribution in [2.45, 2.75) is 0 Å². The highest BCUT2D eigenvalue weighted by atomic mass is 31.1. The van der Waals surface area contributed by atoms with Crippen molar-refractivity contribution in [1.29, 1.82) is 0 Å². The standard InChI is InChI=1S/C10H11O4P/c1-15-8-5-6(10(11)12)4-7-9(8)14-3-2-13-7/h4-5,15H,2-3H2,1H3,(H,11,12). The van der Waals surface area contributed by atoms with Crippen molar-refractivity contribution in [3.8, 4) is 11.5 Å². The van der Waals surface area contributed by atoms with Gasteiger partial charge in [0.2, 0.25) is 0 Å². The second kappa shape index (κ2) is 4.07. The van der Waals surface area contributed by atoms with E-state index in [0.29, 0.717) is 33.3 Å². The Bertz CT molecular complexity index is 385. The minimum absolute atomic E-state index is 0.253. The van der Waals surface area contributed by atoms with E-state index in [1.807, 2.05) is 6.66 Å². The summed E-state index contributed by atoms with van der Waals surface area (Å²) in [6.45, 7) is 2.98. The van der Waals surface area contributed by atoms with Crippen LogP contribution in [0.2, 0.25) is 0 Å². The quantitative estimate of drug-likeness (QED) is 0.767. The van der Waals surface area contributed by atoms with E-state index in [-0.39, 0.29) is 5.56 Å². The highest BCUT2D eigenvalue weighted by Crippen LogP contribution is 2.32. The molecule has 1 aromatic rings. The number of carboxylic acids is 1. The third-order valence-electron chi connectivity index (χ3n) is 2.16. The van der Waals surface area contributed by atoms with Crippen LogP contribution >= 0.6 is 8.58 Å². The van der Waals surface area contributed by atoms with E-state index in [1.165, 1.54) is 6.07 Å². The molecule has 0 aliphatic carbocycles. The lowest BCUT2D eigenvalue weighted by molar-refractivity contribution is 0.0696. The van der Waals surface area contributed by atoms with Crippen molar-refractivity contribution in [2.24, 2.45) is 0 Å². The predicted octanol–water partition coefficient (Wildman–Crippen LogP) is 1.09. The Labute approximate surface area is 89.0 Å². The molecule has 0 saturated heterocycles. The van der Waals surface area contributed by atoms with Gasteiger partial charge in [-0.1, -0.05) is 8.58 Å². The molecule has 2 rings (SSSR count). The fourth-order valence-corrected chi connectivity index (χ4v) is 2.19. The second-order valence-electron chi connectivity index (χ2n) is 3.10. The van der Waals surface area contributed by atoms with E-state index in [4.69, 9.17) is 14.6 Å². The van der Waals surface area contributed by atoms with Gasteiger partial charge in [0.25, 0.3) is 0 Å². The molecule has 0 bridgehead atoms. The summed E-state index contributed by atoms with van der Waals surface area (Å²) in [4.78, 5) is 10.9. The van der Waals surface area contributed by atoms with E-state index in [1.54, 1.807) is 6.07 Å². The van der Waals surface area contributed by atoms with Gasteiger partial charge in [0.1, 0.15) is 13.2 Å². The Morgan fingerprint density at radius 2 is 2.13 bits per heavy atom. The summed E-state index contributed by atoms with van der Waals surface area (Å²) in [6.07, 6.45) is 0.